The lowest BCUT2D eigenvalue weighted by Gasteiger charge is -1.87. The molecule has 0 aliphatic rings. The maximum atomic E-state index is 5.37. The van der Waals surface area contributed by atoms with Crippen molar-refractivity contribution in [3.63, 3.8) is 0 Å². The van der Waals surface area contributed by atoms with E-state index in [1.807, 2.05) is 6.92 Å². The number of furan rings is 1. The van der Waals surface area contributed by atoms with Gasteiger partial charge in [0.15, 0.2) is 10.5 Å². The maximum absolute atomic E-state index is 5.37. The topological polar surface area (TPSA) is 78.1 Å². The summed E-state index contributed by atoms with van der Waals surface area (Å²) in [6.45, 7) is 2.09. The highest BCUT2D eigenvalue weighted by Crippen LogP contribution is 2.27. The van der Waals surface area contributed by atoms with E-state index in [1.165, 1.54) is 0 Å². The van der Waals surface area contributed by atoms with Crippen LogP contribution in [-0.4, -0.2) is 10.1 Å². The van der Waals surface area contributed by atoms with Gasteiger partial charge in [0.2, 0.25) is 0 Å². The zero-order valence-electron chi connectivity index (χ0n) is 7.45. The van der Waals surface area contributed by atoms with Crippen LogP contribution in [0.1, 0.15) is 11.6 Å². The van der Waals surface area contributed by atoms with Crippen molar-refractivity contribution in [1.82, 2.24) is 10.1 Å². The fraction of sp³-hybridized carbons (Fsp3) is 0.250. The van der Waals surface area contributed by atoms with Crippen LogP contribution in [0, 0.1) is 6.92 Å². The summed E-state index contributed by atoms with van der Waals surface area (Å²) in [7, 11) is 0. The molecule has 0 spiro atoms. The Hall–Kier alpha value is -1.14. The molecule has 0 unspecified atom stereocenters. The number of rotatable bonds is 2. The Kier molecular flexibility index (Phi) is 2.39. The largest absolute Gasteiger partial charge is 0.454 e. The zero-order chi connectivity index (χ0) is 10.1. The van der Waals surface area contributed by atoms with Gasteiger partial charge in [0.25, 0.3) is 5.89 Å². The lowest BCUT2D eigenvalue weighted by molar-refractivity contribution is 0.421. The summed E-state index contributed by atoms with van der Waals surface area (Å²) >= 11 is 3.22. The van der Waals surface area contributed by atoms with Crippen molar-refractivity contribution >= 4 is 15.9 Å². The number of hydrogen-bond acceptors (Lipinski definition) is 5. The third kappa shape index (κ3) is 1.58. The summed E-state index contributed by atoms with van der Waals surface area (Å²) in [6.07, 6.45) is 0. The Balaban J connectivity index is 2.43. The molecule has 2 aromatic rings. The van der Waals surface area contributed by atoms with Crippen molar-refractivity contribution in [3.8, 4) is 11.5 Å². The molecule has 14 heavy (non-hydrogen) atoms. The molecule has 6 heteroatoms. The first-order valence-corrected chi connectivity index (χ1v) is 4.79. The highest BCUT2D eigenvalue weighted by atomic mass is 79.9. The van der Waals surface area contributed by atoms with Crippen molar-refractivity contribution in [2.45, 2.75) is 13.5 Å². The average molecular weight is 258 g/mol. The number of halogens is 1. The molecule has 2 heterocycles. The van der Waals surface area contributed by atoms with Gasteiger partial charge in [-0.3, -0.25) is 0 Å². The van der Waals surface area contributed by atoms with Crippen LogP contribution in [-0.2, 0) is 6.54 Å². The van der Waals surface area contributed by atoms with E-state index < -0.39 is 0 Å². The van der Waals surface area contributed by atoms with E-state index in [1.54, 1.807) is 6.07 Å². The lowest BCUT2D eigenvalue weighted by Crippen LogP contribution is -1.97. The summed E-state index contributed by atoms with van der Waals surface area (Å²) in [5.41, 5.74) is 6.15. The van der Waals surface area contributed by atoms with Crippen LogP contribution in [0.3, 0.4) is 0 Å². The van der Waals surface area contributed by atoms with E-state index in [4.69, 9.17) is 14.7 Å². The molecule has 0 fully saturated rings. The zero-order valence-corrected chi connectivity index (χ0v) is 9.04. The molecule has 74 valence electrons. The Morgan fingerprint density at radius 2 is 2.36 bits per heavy atom. The Labute approximate surface area is 88.4 Å². The first-order chi connectivity index (χ1) is 6.70. The predicted molar refractivity (Wildman–Crippen MR) is 52.3 cm³/mol. The molecule has 5 nitrogen and oxygen atoms in total. The summed E-state index contributed by atoms with van der Waals surface area (Å²) in [6, 6.07) is 1.78. The minimum atomic E-state index is 0.265. The third-order valence-corrected chi connectivity index (χ3v) is 2.16. The summed E-state index contributed by atoms with van der Waals surface area (Å²) in [4.78, 5) is 4.09. The van der Waals surface area contributed by atoms with Crippen LogP contribution in [0.5, 0.6) is 0 Å². The van der Waals surface area contributed by atoms with Crippen LogP contribution in [0.15, 0.2) is 19.7 Å². The van der Waals surface area contributed by atoms with E-state index in [2.05, 4.69) is 26.1 Å². The molecule has 0 atom stereocenters. The number of aryl methyl sites for hydroxylation is 1. The van der Waals surface area contributed by atoms with Crippen molar-refractivity contribution < 1.29 is 8.94 Å². The second kappa shape index (κ2) is 3.55. The van der Waals surface area contributed by atoms with Gasteiger partial charge in [-0.1, -0.05) is 5.16 Å². The monoisotopic (exact) mass is 257 g/mol. The molecule has 0 saturated heterocycles. The van der Waals surface area contributed by atoms with Crippen LogP contribution in [0.25, 0.3) is 11.5 Å². The molecule has 0 aliphatic heterocycles. The summed E-state index contributed by atoms with van der Waals surface area (Å²) < 4.78 is 10.9. The van der Waals surface area contributed by atoms with Crippen LogP contribution in [0.4, 0.5) is 0 Å². The third-order valence-electron chi connectivity index (χ3n) is 1.77. The minimum absolute atomic E-state index is 0.265. The van der Waals surface area contributed by atoms with Gasteiger partial charge in [-0.15, -0.1) is 0 Å². The second-order valence-corrected chi connectivity index (χ2v) is 3.52. The van der Waals surface area contributed by atoms with Gasteiger partial charge in [0, 0.05) is 6.07 Å². The van der Waals surface area contributed by atoms with E-state index in [9.17, 15) is 0 Å². The molecule has 0 saturated carbocycles. The molecular weight excluding hydrogens is 250 g/mol. The molecular formula is C8H8BrN3O2. The highest BCUT2D eigenvalue weighted by molar-refractivity contribution is 9.10. The number of nitrogens with two attached hydrogens (primary N) is 1. The maximum Gasteiger partial charge on any atom is 0.261 e. The number of nitrogens with zero attached hydrogens (tertiary/aromatic N) is 2. The van der Waals surface area contributed by atoms with Crippen molar-refractivity contribution in [1.29, 1.82) is 0 Å². The van der Waals surface area contributed by atoms with Crippen LogP contribution in [0.2, 0.25) is 0 Å². The lowest BCUT2D eigenvalue weighted by atomic mass is 10.3. The molecule has 0 aromatic carbocycles. The van der Waals surface area contributed by atoms with Gasteiger partial charge in [-0.05, 0) is 22.9 Å². The number of aromatic nitrogens is 2. The van der Waals surface area contributed by atoms with Crippen molar-refractivity contribution in [2.24, 2.45) is 5.73 Å². The molecule has 0 amide bonds. The fourth-order valence-corrected chi connectivity index (χ4v) is 1.58. The fourth-order valence-electron chi connectivity index (χ4n) is 1.10. The molecule has 2 aromatic heterocycles. The average Bonchev–Trinajstić information content (AvgIpc) is 2.71. The van der Waals surface area contributed by atoms with E-state index in [0.717, 1.165) is 11.3 Å². The van der Waals surface area contributed by atoms with Gasteiger partial charge >= 0.3 is 0 Å². The van der Waals surface area contributed by atoms with E-state index >= 15 is 0 Å². The van der Waals surface area contributed by atoms with Gasteiger partial charge in [0.1, 0.15) is 5.76 Å². The SMILES string of the molecule is Cc1oc(Br)cc1-c1nc(CN)no1. The highest BCUT2D eigenvalue weighted by Gasteiger charge is 2.14. The normalized spacial score (nSPS) is 10.8. The standard InChI is InChI=1S/C8H8BrN3O2/c1-4-5(2-6(9)13-4)8-11-7(3-10)12-14-8/h2H,3,10H2,1H3. The Morgan fingerprint density at radius 3 is 2.86 bits per heavy atom. The number of hydrogen-bond donors (Lipinski definition) is 1. The van der Waals surface area contributed by atoms with Gasteiger partial charge < -0.3 is 14.7 Å². The van der Waals surface area contributed by atoms with Crippen LogP contribution >= 0.6 is 15.9 Å². The van der Waals surface area contributed by atoms with Gasteiger partial charge in [-0.25, -0.2) is 0 Å². The summed E-state index contributed by atoms with van der Waals surface area (Å²) in [5.74, 6) is 1.64. The quantitative estimate of drug-likeness (QED) is 0.889. The molecule has 2 N–H and O–H groups in total. The van der Waals surface area contributed by atoms with E-state index in [-0.39, 0.29) is 6.54 Å². The molecule has 0 aliphatic carbocycles. The van der Waals surface area contributed by atoms with Crippen molar-refractivity contribution in [3.05, 3.63) is 22.3 Å². The first-order valence-electron chi connectivity index (χ1n) is 3.99. The van der Waals surface area contributed by atoms with E-state index in [0.29, 0.717) is 16.4 Å². The molecule has 0 radical (unpaired) electrons. The van der Waals surface area contributed by atoms with Gasteiger partial charge in [0.05, 0.1) is 12.1 Å². The molecule has 2 rings (SSSR count). The Bertz CT molecular complexity index is 449. The minimum Gasteiger partial charge on any atom is -0.454 e. The molecule has 0 bridgehead atoms. The Morgan fingerprint density at radius 1 is 1.57 bits per heavy atom. The van der Waals surface area contributed by atoms with Gasteiger partial charge in [-0.2, -0.15) is 4.98 Å². The first kappa shape index (κ1) is 9.42. The predicted octanol–water partition coefficient (Wildman–Crippen LogP) is 1.86. The van der Waals surface area contributed by atoms with Crippen LogP contribution < -0.4 is 5.73 Å². The summed E-state index contributed by atoms with van der Waals surface area (Å²) in [5, 5.41) is 3.69. The van der Waals surface area contributed by atoms with Crippen molar-refractivity contribution in [2.75, 3.05) is 0 Å². The smallest absolute Gasteiger partial charge is 0.261 e. The second-order valence-electron chi connectivity index (χ2n) is 2.74.